The Kier molecular flexibility index (Phi) is 6.15. The number of aromatic amines is 1. The molecule has 6 nitrogen and oxygen atoms in total. The van der Waals surface area contributed by atoms with Crippen molar-refractivity contribution < 1.29 is 8.78 Å². The Morgan fingerprint density at radius 1 is 1.03 bits per heavy atom. The van der Waals surface area contributed by atoms with Crippen molar-refractivity contribution in [2.75, 3.05) is 13.1 Å². The molecule has 4 aromatic rings. The predicted octanol–water partition coefficient (Wildman–Crippen LogP) is 4.83. The van der Waals surface area contributed by atoms with Gasteiger partial charge in [-0.05, 0) is 55.4 Å². The van der Waals surface area contributed by atoms with Crippen LogP contribution in [0.5, 0.6) is 0 Å². The lowest BCUT2D eigenvalue weighted by Crippen LogP contribution is -2.34. The molecule has 1 fully saturated rings. The van der Waals surface area contributed by atoms with Crippen molar-refractivity contribution in [3.63, 3.8) is 0 Å². The summed E-state index contributed by atoms with van der Waals surface area (Å²) >= 11 is 5.52. The summed E-state index contributed by atoms with van der Waals surface area (Å²) in [6.45, 7) is 2.91. The van der Waals surface area contributed by atoms with Gasteiger partial charge in [-0.15, -0.1) is 0 Å². The zero-order valence-corrected chi connectivity index (χ0v) is 18.8. The molecule has 0 aliphatic carbocycles. The molecule has 2 aromatic heterocycles. The molecule has 3 heterocycles. The van der Waals surface area contributed by atoms with Crippen molar-refractivity contribution in [1.82, 2.24) is 29.4 Å². The molecule has 33 heavy (non-hydrogen) atoms. The lowest BCUT2D eigenvalue weighted by molar-refractivity contribution is 0.195. The molecular weight excluding hydrogens is 442 g/mol. The van der Waals surface area contributed by atoms with Gasteiger partial charge in [0.1, 0.15) is 17.5 Å². The zero-order chi connectivity index (χ0) is 22.8. The lowest BCUT2D eigenvalue weighted by atomic mass is 9.96. The van der Waals surface area contributed by atoms with Crippen LogP contribution in [0.4, 0.5) is 8.78 Å². The molecule has 0 amide bonds. The Labute approximate surface area is 195 Å². The summed E-state index contributed by atoms with van der Waals surface area (Å²) in [6, 6.07) is 15.2. The van der Waals surface area contributed by atoms with Gasteiger partial charge in [0.05, 0.1) is 6.54 Å². The third kappa shape index (κ3) is 4.79. The molecule has 1 aliphatic heterocycles. The van der Waals surface area contributed by atoms with Crippen LogP contribution in [0.1, 0.15) is 35.7 Å². The van der Waals surface area contributed by atoms with Gasteiger partial charge < -0.3 is 0 Å². The molecule has 0 spiro atoms. The smallest absolute Gasteiger partial charge is 0.201 e. The number of benzene rings is 2. The standard InChI is InChI=1S/C24H24F2N6S/c25-20-9-7-17(8-10-20)14-30-12-3-5-19(15-30)23-27-28-24(33)32(23)22-11-13-31(29-22)16-18-4-1-2-6-21(18)26/h1-2,4,6-11,13,19H,3,5,12,14-16H2,(H,28,33)/t19-/m1/s1. The fraction of sp³-hybridized carbons (Fsp3) is 0.292. The molecule has 0 radical (unpaired) electrons. The SMILES string of the molecule is Fc1ccc(CN2CCC[C@@H](c3n[nH]c(=S)n3-c3ccn(Cc4ccccc4F)n3)C2)cc1. The maximum atomic E-state index is 14.0. The van der Waals surface area contributed by atoms with Crippen molar-refractivity contribution in [1.29, 1.82) is 0 Å². The molecule has 1 aliphatic rings. The fourth-order valence-corrected chi connectivity index (χ4v) is 4.65. The number of rotatable bonds is 6. The number of aromatic nitrogens is 5. The van der Waals surface area contributed by atoms with E-state index in [1.165, 1.54) is 18.2 Å². The topological polar surface area (TPSA) is 54.7 Å². The summed E-state index contributed by atoms with van der Waals surface area (Å²) < 4.78 is 31.3. The van der Waals surface area contributed by atoms with Gasteiger partial charge in [0.15, 0.2) is 5.82 Å². The maximum Gasteiger partial charge on any atom is 0.201 e. The van der Waals surface area contributed by atoms with E-state index < -0.39 is 0 Å². The van der Waals surface area contributed by atoms with E-state index in [2.05, 4.69) is 20.2 Å². The van der Waals surface area contributed by atoms with E-state index in [0.717, 1.165) is 43.9 Å². The van der Waals surface area contributed by atoms with Gasteiger partial charge >= 0.3 is 0 Å². The van der Waals surface area contributed by atoms with Crippen molar-refractivity contribution in [3.8, 4) is 5.82 Å². The van der Waals surface area contributed by atoms with E-state index in [0.29, 0.717) is 22.7 Å². The molecule has 0 bridgehead atoms. The highest BCUT2D eigenvalue weighted by Gasteiger charge is 2.27. The Balaban J connectivity index is 1.35. The molecule has 5 rings (SSSR count). The average Bonchev–Trinajstić information content (AvgIpc) is 3.43. The Bertz CT molecular complexity index is 1290. The molecular formula is C24H24F2N6S. The fourth-order valence-electron chi connectivity index (χ4n) is 4.42. The first-order valence-electron chi connectivity index (χ1n) is 11.0. The first-order valence-corrected chi connectivity index (χ1v) is 11.4. The number of hydrogen-bond donors (Lipinski definition) is 1. The number of likely N-dealkylation sites (tertiary alicyclic amines) is 1. The van der Waals surface area contributed by atoms with Crippen LogP contribution in [-0.4, -0.2) is 42.5 Å². The quantitative estimate of drug-likeness (QED) is 0.414. The minimum atomic E-state index is -0.251. The van der Waals surface area contributed by atoms with Gasteiger partial charge in [-0.1, -0.05) is 30.3 Å². The van der Waals surface area contributed by atoms with Crippen molar-refractivity contribution in [2.45, 2.75) is 31.8 Å². The second kappa shape index (κ2) is 9.36. The van der Waals surface area contributed by atoms with Crippen LogP contribution in [0.25, 0.3) is 5.82 Å². The van der Waals surface area contributed by atoms with Crippen molar-refractivity contribution in [3.05, 3.63) is 94.2 Å². The predicted molar refractivity (Wildman–Crippen MR) is 124 cm³/mol. The number of nitrogens with zero attached hydrogens (tertiary/aromatic N) is 5. The van der Waals surface area contributed by atoms with Gasteiger partial charge in [-0.25, -0.2) is 8.78 Å². The van der Waals surface area contributed by atoms with Crippen LogP contribution in [-0.2, 0) is 13.1 Å². The van der Waals surface area contributed by atoms with Crippen molar-refractivity contribution in [2.24, 2.45) is 0 Å². The first kappa shape index (κ1) is 21.7. The Morgan fingerprint density at radius 2 is 1.85 bits per heavy atom. The van der Waals surface area contributed by atoms with Gasteiger partial charge in [0, 0.05) is 36.8 Å². The van der Waals surface area contributed by atoms with Crippen LogP contribution in [0.15, 0.2) is 60.8 Å². The van der Waals surface area contributed by atoms with Crippen LogP contribution in [0, 0.1) is 16.4 Å². The third-order valence-electron chi connectivity index (χ3n) is 6.03. The molecule has 1 N–H and O–H groups in total. The number of halogens is 2. The summed E-state index contributed by atoms with van der Waals surface area (Å²) in [5.41, 5.74) is 1.66. The molecule has 0 unspecified atom stereocenters. The van der Waals surface area contributed by atoms with Gasteiger partial charge in [-0.2, -0.15) is 10.2 Å². The van der Waals surface area contributed by atoms with E-state index in [1.54, 1.807) is 16.8 Å². The Hall–Kier alpha value is -3.17. The number of hydrogen-bond acceptors (Lipinski definition) is 4. The molecule has 0 saturated carbocycles. The molecule has 1 saturated heterocycles. The lowest BCUT2D eigenvalue weighted by Gasteiger charge is -2.32. The van der Waals surface area contributed by atoms with E-state index in [4.69, 9.17) is 12.2 Å². The van der Waals surface area contributed by atoms with E-state index in [9.17, 15) is 8.78 Å². The zero-order valence-electron chi connectivity index (χ0n) is 18.0. The highest BCUT2D eigenvalue weighted by atomic mass is 32.1. The van der Waals surface area contributed by atoms with E-state index >= 15 is 0 Å². The average molecular weight is 467 g/mol. The number of nitrogens with one attached hydrogen (secondary N) is 1. The number of H-pyrrole nitrogens is 1. The van der Waals surface area contributed by atoms with Crippen LogP contribution in [0.2, 0.25) is 0 Å². The van der Waals surface area contributed by atoms with Gasteiger partial charge in [-0.3, -0.25) is 19.2 Å². The molecule has 2 aromatic carbocycles. The minimum Gasteiger partial charge on any atom is -0.298 e. The summed E-state index contributed by atoms with van der Waals surface area (Å²) in [5.74, 6) is 1.22. The summed E-state index contributed by atoms with van der Waals surface area (Å²) in [7, 11) is 0. The summed E-state index contributed by atoms with van der Waals surface area (Å²) in [6.07, 6.45) is 3.85. The molecule has 170 valence electrons. The summed E-state index contributed by atoms with van der Waals surface area (Å²) in [5, 5.41) is 12.1. The van der Waals surface area contributed by atoms with Crippen LogP contribution >= 0.6 is 12.2 Å². The van der Waals surface area contributed by atoms with Crippen LogP contribution in [0.3, 0.4) is 0 Å². The minimum absolute atomic E-state index is 0.184. The van der Waals surface area contributed by atoms with E-state index in [-0.39, 0.29) is 17.6 Å². The third-order valence-corrected chi connectivity index (χ3v) is 6.31. The van der Waals surface area contributed by atoms with Crippen molar-refractivity contribution >= 4 is 12.2 Å². The first-order chi connectivity index (χ1) is 16.1. The van der Waals surface area contributed by atoms with E-state index in [1.807, 2.05) is 35.0 Å². The van der Waals surface area contributed by atoms with Crippen LogP contribution < -0.4 is 0 Å². The number of piperidine rings is 1. The largest absolute Gasteiger partial charge is 0.298 e. The molecule has 1 atom stereocenters. The Morgan fingerprint density at radius 3 is 2.67 bits per heavy atom. The monoisotopic (exact) mass is 466 g/mol. The highest BCUT2D eigenvalue weighted by molar-refractivity contribution is 7.71. The maximum absolute atomic E-state index is 14.0. The second-order valence-electron chi connectivity index (χ2n) is 8.39. The second-order valence-corrected chi connectivity index (χ2v) is 8.77. The van der Waals surface area contributed by atoms with Gasteiger partial charge in [0.25, 0.3) is 0 Å². The van der Waals surface area contributed by atoms with Gasteiger partial charge in [0.2, 0.25) is 4.77 Å². The highest BCUT2D eigenvalue weighted by Crippen LogP contribution is 2.28. The normalized spacial score (nSPS) is 16.8. The summed E-state index contributed by atoms with van der Waals surface area (Å²) in [4.78, 5) is 2.36. The molecule has 9 heteroatoms.